The largest absolute Gasteiger partial charge is 0.490 e. The monoisotopic (exact) mass is 573 g/mol. The van der Waals surface area contributed by atoms with E-state index in [1.165, 1.54) is 0 Å². The van der Waals surface area contributed by atoms with Gasteiger partial charge in [0.1, 0.15) is 5.75 Å². The summed E-state index contributed by atoms with van der Waals surface area (Å²) in [5.74, 6) is 1.73. The summed E-state index contributed by atoms with van der Waals surface area (Å²) in [5.41, 5.74) is 3.03. The molecule has 0 aliphatic heterocycles. The van der Waals surface area contributed by atoms with Crippen LogP contribution in [0.25, 0.3) is 0 Å². The van der Waals surface area contributed by atoms with Crippen LogP contribution in [0, 0.1) is 6.92 Å². The standard InChI is InChI=1S/C24H35N3O3S.HI/c1-5-20(3)30-23-16-19(2)12-13-22(23)17-27-24(25-4)26-14-9-15-31(28,29)18-21-10-7-6-8-11-21;/h6-8,10-13,16,20H,5,9,14-15,17-18H2,1-4H3,(H2,25,26,27);1H. The van der Waals surface area contributed by atoms with Crippen LogP contribution in [0.1, 0.15) is 43.4 Å². The van der Waals surface area contributed by atoms with Crippen LogP contribution >= 0.6 is 24.0 Å². The van der Waals surface area contributed by atoms with Gasteiger partial charge in [0, 0.05) is 25.7 Å². The molecule has 0 saturated carbocycles. The van der Waals surface area contributed by atoms with E-state index in [1.54, 1.807) is 7.05 Å². The number of benzene rings is 2. The third-order valence-electron chi connectivity index (χ3n) is 4.95. The molecule has 2 aromatic rings. The van der Waals surface area contributed by atoms with Crippen molar-refractivity contribution < 1.29 is 13.2 Å². The van der Waals surface area contributed by atoms with Gasteiger partial charge in [-0.3, -0.25) is 4.99 Å². The van der Waals surface area contributed by atoms with Crippen LogP contribution in [-0.2, 0) is 22.1 Å². The molecule has 32 heavy (non-hydrogen) atoms. The van der Waals surface area contributed by atoms with E-state index >= 15 is 0 Å². The maximum atomic E-state index is 12.3. The molecule has 0 saturated heterocycles. The highest BCUT2D eigenvalue weighted by Crippen LogP contribution is 2.22. The Labute approximate surface area is 210 Å². The van der Waals surface area contributed by atoms with E-state index in [4.69, 9.17) is 4.74 Å². The zero-order chi connectivity index (χ0) is 22.7. The molecule has 0 heterocycles. The minimum Gasteiger partial charge on any atom is -0.490 e. The second kappa shape index (κ2) is 14.4. The molecule has 0 spiro atoms. The first-order valence-electron chi connectivity index (χ1n) is 10.8. The highest BCUT2D eigenvalue weighted by atomic mass is 127. The van der Waals surface area contributed by atoms with Crippen LogP contribution in [0.4, 0.5) is 0 Å². The predicted octanol–water partition coefficient (Wildman–Crippen LogP) is 4.46. The average molecular weight is 574 g/mol. The van der Waals surface area contributed by atoms with Gasteiger partial charge < -0.3 is 15.4 Å². The van der Waals surface area contributed by atoms with Crippen molar-refractivity contribution in [3.63, 3.8) is 0 Å². The minimum atomic E-state index is -3.14. The predicted molar refractivity (Wildman–Crippen MR) is 144 cm³/mol. The van der Waals surface area contributed by atoms with E-state index in [0.717, 1.165) is 28.9 Å². The van der Waals surface area contributed by atoms with E-state index in [-0.39, 0.29) is 41.6 Å². The summed E-state index contributed by atoms with van der Waals surface area (Å²) < 4.78 is 30.7. The first-order chi connectivity index (χ1) is 14.8. The molecule has 1 unspecified atom stereocenters. The van der Waals surface area contributed by atoms with Crippen LogP contribution in [0.15, 0.2) is 53.5 Å². The van der Waals surface area contributed by atoms with Gasteiger partial charge in [0.15, 0.2) is 15.8 Å². The van der Waals surface area contributed by atoms with Gasteiger partial charge in [0.25, 0.3) is 0 Å². The molecule has 0 aliphatic carbocycles. The molecule has 0 fully saturated rings. The topological polar surface area (TPSA) is 79.8 Å². The molecular formula is C24H36IN3O3S. The quantitative estimate of drug-likeness (QED) is 0.180. The first kappa shape index (κ1) is 28.2. The smallest absolute Gasteiger partial charge is 0.191 e. The molecule has 0 aliphatic rings. The summed E-state index contributed by atoms with van der Waals surface area (Å²) in [7, 11) is -1.43. The van der Waals surface area contributed by atoms with Gasteiger partial charge >= 0.3 is 0 Å². The number of ether oxygens (including phenoxy) is 1. The molecule has 178 valence electrons. The lowest BCUT2D eigenvalue weighted by Gasteiger charge is -2.18. The molecule has 0 radical (unpaired) electrons. The lowest BCUT2D eigenvalue weighted by atomic mass is 10.1. The van der Waals surface area contributed by atoms with Gasteiger partial charge in [-0.1, -0.05) is 49.4 Å². The van der Waals surface area contributed by atoms with E-state index in [2.05, 4.69) is 47.7 Å². The normalized spacial score (nSPS) is 12.6. The molecule has 2 N–H and O–H groups in total. The molecule has 2 aromatic carbocycles. The second-order valence-corrected chi connectivity index (χ2v) is 9.92. The van der Waals surface area contributed by atoms with E-state index in [9.17, 15) is 8.42 Å². The Kier molecular flexibility index (Phi) is 12.7. The van der Waals surface area contributed by atoms with Crippen molar-refractivity contribution in [1.29, 1.82) is 0 Å². The SMILES string of the molecule is CCC(C)Oc1cc(C)ccc1CNC(=NC)NCCCS(=O)(=O)Cc1ccccc1.I. The number of rotatable bonds is 11. The number of aliphatic imine (C=N–C) groups is 1. The average Bonchev–Trinajstić information content (AvgIpc) is 2.74. The van der Waals surface area contributed by atoms with Gasteiger partial charge in [-0.25, -0.2) is 8.42 Å². The third kappa shape index (κ3) is 10.2. The van der Waals surface area contributed by atoms with E-state index in [1.807, 2.05) is 37.3 Å². The van der Waals surface area contributed by atoms with Gasteiger partial charge in [0.05, 0.1) is 17.6 Å². The molecule has 6 nitrogen and oxygen atoms in total. The van der Waals surface area contributed by atoms with E-state index < -0.39 is 9.84 Å². The zero-order valence-corrected chi connectivity index (χ0v) is 22.6. The van der Waals surface area contributed by atoms with Crippen LogP contribution in [0.3, 0.4) is 0 Å². The van der Waals surface area contributed by atoms with Gasteiger partial charge in [-0.2, -0.15) is 0 Å². The number of hydrogen-bond acceptors (Lipinski definition) is 4. The Morgan fingerprint density at radius 3 is 2.50 bits per heavy atom. The number of nitrogens with one attached hydrogen (secondary N) is 2. The fourth-order valence-corrected chi connectivity index (χ4v) is 4.45. The van der Waals surface area contributed by atoms with E-state index in [0.29, 0.717) is 25.5 Å². The number of aryl methyl sites for hydroxylation is 1. The van der Waals surface area contributed by atoms with Crippen molar-refractivity contribution in [1.82, 2.24) is 10.6 Å². The lowest BCUT2D eigenvalue weighted by molar-refractivity contribution is 0.215. The lowest BCUT2D eigenvalue weighted by Crippen LogP contribution is -2.37. The van der Waals surface area contributed by atoms with Crippen LogP contribution in [-0.4, -0.2) is 39.8 Å². The van der Waals surface area contributed by atoms with Crippen molar-refractivity contribution in [2.45, 2.75) is 52.0 Å². The summed E-state index contributed by atoms with van der Waals surface area (Å²) in [4.78, 5) is 4.23. The highest BCUT2D eigenvalue weighted by Gasteiger charge is 2.12. The molecular weight excluding hydrogens is 537 g/mol. The molecule has 8 heteroatoms. The van der Waals surface area contributed by atoms with Crippen LogP contribution < -0.4 is 15.4 Å². The van der Waals surface area contributed by atoms with Crippen LogP contribution in [0.2, 0.25) is 0 Å². The number of halogens is 1. The number of hydrogen-bond donors (Lipinski definition) is 2. The Hall–Kier alpha value is -1.81. The van der Waals surface area contributed by atoms with Crippen molar-refractivity contribution in [3.8, 4) is 5.75 Å². The number of nitrogens with zero attached hydrogens (tertiary/aromatic N) is 1. The minimum absolute atomic E-state index is 0. The second-order valence-electron chi connectivity index (χ2n) is 7.73. The third-order valence-corrected chi connectivity index (χ3v) is 6.63. The summed E-state index contributed by atoms with van der Waals surface area (Å²) in [6.07, 6.45) is 1.61. The number of guanidine groups is 1. The van der Waals surface area contributed by atoms with Gasteiger partial charge in [0.2, 0.25) is 0 Å². The van der Waals surface area contributed by atoms with Crippen molar-refractivity contribution in [2.75, 3.05) is 19.3 Å². The molecule has 0 bridgehead atoms. The zero-order valence-electron chi connectivity index (χ0n) is 19.4. The Morgan fingerprint density at radius 2 is 1.84 bits per heavy atom. The molecule has 1 atom stereocenters. The Bertz CT molecular complexity index is 950. The van der Waals surface area contributed by atoms with Crippen molar-refractivity contribution >= 4 is 39.8 Å². The first-order valence-corrected chi connectivity index (χ1v) is 12.6. The fraction of sp³-hybridized carbons (Fsp3) is 0.458. The Balaban J connectivity index is 0.00000512. The van der Waals surface area contributed by atoms with Gasteiger partial charge in [-0.05, 0) is 43.9 Å². The summed E-state index contributed by atoms with van der Waals surface area (Å²) in [6, 6.07) is 15.5. The fourth-order valence-electron chi connectivity index (χ4n) is 3.02. The number of sulfone groups is 1. The highest BCUT2D eigenvalue weighted by molar-refractivity contribution is 14.0. The molecule has 0 aromatic heterocycles. The Morgan fingerprint density at radius 1 is 1.12 bits per heavy atom. The summed E-state index contributed by atoms with van der Waals surface area (Å²) in [5, 5.41) is 6.48. The van der Waals surface area contributed by atoms with Crippen LogP contribution in [0.5, 0.6) is 5.75 Å². The maximum Gasteiger partial charge on any atom is 0.191 e. The molecule has 2 rings (SSSR count). The van der Waals surface area contributed by atoms with Crippen molar-refractivity contribution in [2.24, 2.45) is 4.99 Å². The van der Waals surface area contributed by atoms with Crippen molar-refractivity contribution in [3.05, 3.63) is 65.2 Å². The molecule has 0 amide bonds. The summed E-state index contributed by atoms with van der Waals surface area (Å²) >= 11 is 0. The van der Waals surface area contributed by atoms with Gasteiger partial charge in [-0.15, -0.1) is 24.0 Å². The summed E-state index contributed by atoms with van der Waals surface area (Å²) in [6.45, 7) is 7.30. The maximum absolute atomic E-state index is 12.3.